The zero-order valence-corrected chi connectivity index (χ0v) is 39.8. The first-order chi connectivity index (χ1) is 29.1. The van der Waals surface area contributed by atoms with Crippen molar-refractivity contribution >= 4 is 46.5 Å². The van der Waals surface area contributed by atoms with Gasteiger partial charge in [-0.3, -0.25) is 14.4 Å². The molecular weight excluding hydrogens is 851 g/mol. The summed E-state index contributed by atoms with van der Waals surface area (Å²) < 4.78 is 59.7. The zero-order valence-electron chi connectivity index (χ0n) is 38.1. The summed E-state index contributed by atoms with van der Waals surface area (Å²) in [5.74, 6) is -3.86. The molecule has 5 heterocycles. The highest BCUT2D eigenvalue weighted by Gasteiger charge is 2.60. The summed E-state index contributed by atoms with van der Waals surface area (Å²) in [6, 6.07) is -1.36. The Hall–Kier alpha value is -3.05. The van der Waals surface area contributed by atoms with Crippen LogP contribution in [0.15, 0.2) is 12.4 Å². The van der Waals surface area contributed by atoms with Gasteiger partial charge in [-0.05, 0) is 93.3 Å². The van der Waals surface area contributed by atoms with Crippen LogP contribution in [0.1, 0.15) is 87.5 Å². The summed E-state index contributed by atoms with van der Waals surface area (Å²) in [6.45, 7) is 14.7. The van der Waals surface area contributed by atoms with Crippen LogP contribution in [-0.2, 0) is 39.8 Å². The maximum absolute atomic E-state index is 16.9. The van der Waals surface area contributed by atoms with Gasteiger partial charge in [0.15, 0.2) is 22.8 Å². The van der Waals surface area contributed by atoms with Gasteiger partial charge in [0.2, 0.25) is 0 Å². The molecule has 0 saturated carbocycles. The van der Waals surface area contributed by atoms with Gasteiger partial charge in [0.05, 0.1) is 34.9 Å². The normalized spacial score (nSPS) is 36.3. The number of nitrogens with zero attached hydrogens (tertiary/aromatic N) is 6. The largest absolute Gasteiger partial charge is 0.455 e. The summed E-state index contributed by atoms with van der Waals surface area (Å²) in [4.78, 5) is 50.4. The van der Waals surface area contributed by atoms with E-state index in [0.29, 0.717) is 56.1 Å². The fourth-order valence-electron chi connectivity index (χ4n) is 9.15. The van der Waals surface area contributed by atoms with Crippen LogP contribution < -0.4 is 11.1 Å². The van der Waals surface area contributed by atoms with Crippen molar-refractivity contribution in [2.24, 2.45) is 11.8 Å². The third-order valence-corrected chi connectivity index (χ3v) is 13.3. The van der Waals surface area contributed by atoms with Gasteiger partial charge in [0.1, 0.15) is 17.9 Å². The number of nitrogen functional groups attached to an aromatic ring is 1. The Bertz CT molecular complexity index is 1790. The maximum atomic E-state index is 16.9. The molecule has 13 atom stereocenters. The number of nitrogens with two attached hydrogens (primary N) is 1. The molecule has 3 aliphatic heterocycles. The van der Waals surface area contributed by atoms with Gasteiger partial charge in [-0.2, -0.15) is 3.89 Å². The molecule has 0 spiro atoms. The standard InChI is InChI=1S/C40H65FN8O9S.CH3FS/c1-12-29-40(8)31(49(37(53)58-40)16-14-13-15-48-21-26(45-46-48)28-20-44-36(42)59-28)25(5)43-19-22(2)18-38(6,54-11)33(24(4)32(51)39(7,41)35(52)56-29)57-34-30(50)27(47(9)10)17-23(3)55-34;1-3-2/h20-25,27,29-31,33-34,43,50H,12-19H2,1-11H3,(H2,42,44);1H3/t22-,23-,24+,25-,27?,29-,30?,31-,33-,34+,38-,39+,40-;/m1./s1. The van der Waals surface area contributed by atoms with E-state index in [0.717, 1.165) is 11.8 Å². The Morgan fingerprint density at radius 3 is 2.40 bits per heavy atom. The molecule has 62 heavy (non-hydrogen) atoms. The van der Waals surface area contributed by atoms with Gasteiger partial charge in [-0.15, -0.1) is 5.10 Å². The molecule has 4 N–H and O–H groups in total. The van der Waals surface area contributed by atoms with E-state index in [1.54, 1.807) is 36.5 Å². The molecule has 2 unspecified atom stereocenters. The lowest BCUT2D eigenvalue weighted by atomic mass is 9.78. The van der Waals surface area contributed by atoms with Crippen molar-refractivity contribution in [2.75, 3.05) is 46.3 Å². The lowest BCUT2D eigenvalue weighted by Gasteiger charge is -2.47. The molecule has 0 aromatic carbocycles. The number of hydrogen-bond donors (Lipinski definition) is 3. The van der Waals surface area contributed by atoms with Crippen molar-refractivity contribution in [3.63, 3.8) is 0 Å². The monoisotopic (exact) mass is 918 g/mol. The van der Waals surface area contributed by atoms with Gasteiger partial charge >= 0.3 is 12.1 Å². The van der Waals surface area contributed by atoms with Crippen LogP contribution in [0.2, 0.25) is 0 Å². The molecule has 21 heteroatoms. The molecule has 3 aliphatic rings. The number of aryl methyl sites for hydroxylation is 1. The number of unbranched alkanes of at least 4 members (excludes halogenated alkanes) is 1. The molecule has 0 bridgehead atoms. The first-order valence-electron chi connectivity index (χ1n) is 21.2. The third kappa shape index (κ3) is 11.6. The first kappa shape index (κ1) is 51.6. The van der Waals surface area contributed by atoms with Crippen molar-refractivity contribution in [2.45, 2.75) is 160 Å². The van der Waals surface area contributed by atoms with E-state index in [-0.39, 0.29) is 36.6 Å². The minimum absolute atomic E-state index is 0.116. The molecule has 0 aliphatic carbocycles. The van der Waals surface area contributed by atoms with Gasteiger partial charge < -0.3 is 44.7 Å². The van der Waals surface area contributed by atoms with Crippen LogP contribution in [-0.4, -0.2) is 159 Å². The number of ketones is 1. The van der Waals surface area contributed by atoms with Gasteiger partial charge in [0.25, 0.3) is 5.67 Å². The number of carbonyl (C=O) groups excluding carboxylic acids is 3. The zero-order chi connectivity index (χ0) is 46.3. The van der Waals surface area contributed by atoms with Crippen molar-refractivity contribution in [1.29, 1.82) is 0 Å². The molecule has 0 radical (unpaired) electrons. The number of carbonyl (C=O) groups is 3. The number of nitrogens with one attached hydrogen (secondary N) is 1. The third-order valence-electron chi connectivity index (χ3n) is 12.4. The van der Waals surface area contributed by atoms with Crippen molar-refractivity contribution in [3.05, 3.63) is 12.4 Å². The van der Waals surface area contributed by atoms with E-state index in [1.165, 1.54) is 31.6 Å². The van der Waals surface area contributed by atoms with Crippen molar-refractivity contribution < 1.29 is 51.5 Å². The highest BCUT2D eigenvalue weighted by atomic mass is 32.2. The highest BCUT2D eigenvalue weighted by Crippen LogP contribution is 2.41. The number of anilines is 1. The van der Waals surface area contributed by atoms with Crippen molar-refractivity contribution in [1.82, 2.24) is 35.1 Å². The number of halogens is 2. The summed E-state index contributed by atoms with van der Waals surface area (Å²) in [7, 11) is 5.20. The Morgan fingerprint density at radius 1 is 1.15 bits per heavy atom. The number of amides is 1. The number of alkyl halides is 1. The molecule has 3 fully saturated rings. The average Bonchev–Trinajstić information content (AvgIpc) is 3.93. The SMILES string of the molecule is CC[C@H]1OC(=O)[C@@](C)(F)C(=O)[C@H](C)[C@@H](O[C@@H]2O[C@H](C)CC(N(C)C)C2O)[C@](C)(OC)C[C@@H](C)CN[C@H](C)[C@H]2N(CCCCn3cc(-c4cnc(N)s4)nn3)C(=O)O[C@]12C.CSF. The summed E-state index contributed by atoms with van der Waals surface area (Å²) >= 11 is 1.57. The fraction of sp³-hybridized carbons (Fsp3) is 0.805. The average molecular weight is 919 g/mol. The highest BCUT2D eigenvalue weighted by molar-refractivity contribution is 7.93. The number of aliphatic hydroxyl groups excluding tert-OH is 1. The number of cyclic esters (lactones) is 1. The van der Waals surface area contributed by atoms with Gasteiger partial charge in [-0.25, -0.2) is 19.0 Å². The predicted octanol–water partition coefficient (Wildman–Crippen LogP) is 5.07. The quantitative estimate of drug-likeness (QED) is 0.153. The molecule has 3 saturated heterocycles. The Balaban J connectivity index is 0.00000273. The maximum Gasteiger partial charge on any atom is 0.410 e. The number of methoxy groups -OCH3 is 1. The number of rotatable bonds is 11. The lowest BCUT2D eigenvalue weighted by Crippen LogP contribution is -2.61. The number of ether oxygens (including phenoxy) is 5. The number of aliphatic hydroxyl groups is 1. The minimum Gasteiger partial charge on any atom is -0.455 e. The van der Waals surface area contributed by atoms with E-state index >= 15 is 4.39 Å². The Kier molecular flexibility index (Phi) is 18.1. The van der Waals surface area contributed by atoms with E-state index in [4.69, 9.17) is 29.4 Å². The second-order valence-corrected chi connectivity index (χ2v) is 19.0. The minimum atomic E-state index is -3.13. The summed E-state index contributed by atoms with van der Waals surface area (Å²) in [5, 5.41) is 23.9. The topological polar surface area (TPSA) is 206 Å². The summed E-state index contributed by atoms with van der Waals surface area (Å²) in [6.07, 6.45) is 1.72. The molecule has 1 amide bonds. The molecule has 2 aromatic heterocycles. The van der Waals surface area contributed by atoms with Gasteiger partial charge in [-0.1, -0.05) is 37.3 Å². The van der Waals surface area contributed by atoms with E-state index in [1.807, 2.05) is 46.0 Å². The van der Waals surface area contributed by atoms with E-state index in [9.17, 15) is 23.4 Å². The van der Waals surface area contributed by atoms with Crippen LogP contribution in [0.4, 0.5) is 18.2 Å². The van der Waals surface area contributed by atoms with Gasteiger partial charge in [0, 0.05) is 62.8 Å². The number of hydrogen-bond acceptors (Lipinski definition) is 17. The fourth-order valence-corrected chi connectivity index (χ4v) is 9.78. The Labute approximate surface area is 372 Å². The predicted molar refractivity (Wildman–Crippen MR) is 233 cm³/mol. The number of likely N-dealkylation sites (N-methyl/N-ethyl adjacent to an activating group) is 1. The first-order valence-corrected chi connectivity index (χ1v) is 23.2. The van der Waals surface area contributed by atoms with Crippen LogP contribution in [0.3, 0.4) is 0 Å². The number of aromatic nitrogens is 4. The lowest BCUT2D eigenvalue weighted by molar-refractivity contribution is -0.295. The number of esters is 1. The summed E-state index contributed by atoms with van der Waals surface area (Å²) in [5.41, 5.74) is 0.669. The van der Waals surface area contributed by atoms with Crippen LogP contribution >= 0.6 is 23.5 Å². The Morgan fingerprint density at radius 2 is 1.81 bits per heavy atom. The number of Topliss-reactive ketones (excluding diaryl/α,β-unsaturated/α-hetero) is 1. The van der Waals surface area contributed by atoms with Crippen molar-refractivity contribution in [3.8, 4) is 10.6 Å². The second-order valence-electron chi connectivity index (χ2n) is 17.6. The van der Waals surface area contributed by atoms with E-state index < -0.39 is 77.3 Å². The smallest absolute Gasteiger partial charge is 0.410 e. The second kappa shape index (κ2) is 21.8. The molecule has 17 nitrogen and oxygen atoms in total. The molecular formula is C41H68F2N8O9S2. The van der Waals surface area contributed by atoms with Crippen LogP contribution in [0.5, 0.6) is 0 Å². The van der Waals surface area contributed by atoms with Crippen LogP contribution in [0.25, 0.3) is 10.6 Å². The van der Waals surface area contributed by atoms with E-state index in [2.05, 4.69) is 20.6 Å². The number of thiazole rings is 1. The molecule has 5 rings (SSSR count). The van der Waals surface area contributed by atoms with Crippen LogP contribution in [0, 0.1) is 11.8 Å². The molecule has 352 valence electrons. The molecule has 2 aromatic rings. The number of fused-ring (bicyclic) bond motifs is 1.